The van der Waals surface area contributed by atoms with E-state index in [0.29, 0.717) is 12.1 Å². The van der Waals surface area contributed by atoms with E-state index in [1.54, 1.807) is 6.20 Å². The van der Waals surface area contributed by atoms with Gasteiger partial charge < -0.3 is 0 Å². The minimum Gasteiger partial charge on any atom is -0.292 e. The van der Waals surface area contributed by atoms with Crippen LogP contribution in [-0.4, -0.2) is 10.8 Å². The molecule has 0 saturated heterocycles. The van der Waals surface area contributed by atoms with Gasteiger partial charge in [0, 0.05) is 12.6 Å². The molecule has 0 N–H and O–H groups in total. The Morgan fingerprint density at radius 2 is 2.27 bits per heavy atom. The quantitative estimate of drug-likeness (QED) is 0.557. The standard InChI is InChI=1S/C9H9NO/c1-6-4-7-2-3-8(11)9(7)10-5-6/h4-5H,2-3H2,1H3. The van der Waals surface area contributed by atoms with E-state index in [9.17, 15) is 4.79 Å². The molecule has 0 unspecified atom stereocenters. The van der Waals surface area contributed by atoms with Crippen LogP contribution in [0.2, 0.25) is 0 Å². The van der Waals surface area contributed by atoms with E-state index < -0.39 is 0 Å². The number of Topliss-reactive ketones (excluding diaryl/α,β-unsaturated/α-hetero) is 1. The number of carbonyl (C=O) groups is 1. The van der Waals surface area contributed by atoms with Crippen molar-refractivity contribution >= 4 is 5.78 Å². The van der Waals surface area contributed by atoms with Gasteiger partial charge in [-0.3, -0.25) is 9.78 Å². The Hall–Kier alpha value is -1.18. The van der Waals surface area contributed by atoms with Crippen LogP contribution in [0.4, 0.5) is 0 Å². The summed E-state index contributed by atoms with van der Waals surface area (Å²) in [6, 6.07) is 2.05. The Kier molecular flexibility index (Phi) is 1.28. The van der Waals surface area contributed by atoms with Gasteiger partial charge in [0.2, 0.25) is 0 Å². The molecule has 0 aromatic carbocycles. The zero-order chi connectivity index (χ0) is 7.84. The summed E-state index contributed by atoms with van der Waals surface area (Å²) in [6.07, 6.45) is 3.27. The summed E-state index contributed by atoms with van der Waals surface area (Å²) in [6.45, 7) is 2.00. The summed E-state index contributed by atoms with van der Waals surface area (Å²) < 4.78 is 0. The molecule has 56 valence electrons. The SMILES string of the molecule is Cc1cnc2c(c1)CCC2=O. The first-order valence-electron chi connectivity index (χ1n) is 3.76. The van der Waals surface area contributed by atoms with Crippen molar-refractivity contribution in [2.75, 3.05) is 0 Å². The van der Waals surface area contributed by atoms with Crippen molar-refractivity contribution in [3.63, 3.8) is 0 Å². The zero-order valence-corrected chi connectivity index (χ0v) is 6.42. The van der Waals surface area contributed by atoms with Crippen molar-refractivity contribution in [3.05, 3.63) is 29.1 Å². The van der Waals surface area contributed by atoms with Crippen molar-refractivity contribution in [3.8, 4) is 0 Å². The van der Waals surface area contributed by atoms with Gasteiger partial charge in [0.05, 0.1) is 0 Å². The number of pyridine rings is 1. The number of carbonyl (C=O) groups excluding carboxylic acids is 1. The molecule has 1 heterocycles. The van der Waals surface area contributed by atoms with E-state index in [-0.39, 0.29) is 5.78 Å². The average molecular weight is 147 g/mol. The minimum absolute atomic E-state index is 0.194. The predicted octanol–water partition coefficient (Wildman–Crippen LogP) is 1.52. The summed E-state index contributed by atoms with van der Waals surface area (Å²) in [5.74, 6) is 0.194. The third kappa shape index (κ3) is 0.946. The molecule has 1 aromatic heterocycles. The van der Waals surface area contributed by atoms with Gasteiger partial charge in [-0.15, -0.1) is 0 Å². The highest BCUT2D eigenvalue weighted by atomic mass is 16.1. The van der Waals surface area contributed by atoms with Crippen molar-refractivity contribution in [2.24, 2.45) is 0 Å². The third-order valence-corrected chi connectivity index (χ3v) is 1.99. The molecule has 1 aliphatic carbocycles. The number of rotatable bonds is 0. The van der Waals surface area contributed by atoms with Gasteiger partial charge in [0.15, 0.2) is 5.78 Å². The molecule has 0 fully saturated rings. The van der Waals surface area contributed by atoms with E-state index in [1.165, 1.54) is 0 Å². The van der Waals surface area contributed by atoms with E-state index >= 15 is 0 Å². The largest absolute Gasteiger partial charge is 0.292 e. The number of nitrogens with zero attached hydrogens (tertiary/aromatic N) is 1. The first kappa shape index (κ1) is 6.53. The predicted molar refractivity (Wildman–Crippen MR) is 41.6 cm³/mol. The highest BCUT2D eigenvalue weighted by Gasteiger charge is 2.19. The molecule has 0 aliphatic heterocycles. The molecule has 0 spiro atoms. The zero-order valence-electron chi connectivity index (χ0n) is 6.42. The van der Waals surface area contributed by atoms with Gasteiger partial charge in [-0.2, -0.15) is 0 Å². The third-order valence-electron chi connectivity index (χ3n) is 1.99. The molecule has 0 atom stereocenters. The van der Waals surface area contributed by atoms with Gasteiger partial charge in [0.25, 0.3) is 0 Å². The summed E-state index contributed by atoms with van der Waals surface area (Å²) in [4.78, 5) is 15.2. The maximum Gasteiger partial charge on any atom is 0.181 e. The Morgan fingerprint density at radius 3 is 3.09 bits per heavy atom. The van der Waals surface area contributed by atoms with Crippen molar-refractivity contribution in [1.29, 1.82) is 0 Å². The number of hydrogen-bond acceptors (Lipinski definition) is 2. The van der Waals surface area contributed by atoms with Crippen LogP contribution in [0.25, 0.3) is 0 Å². The number of aromatic nitrogens is 1. The lowest BCUT2D eigenvalue weighted by Crippen LogP contribution is -1.95. The Balaban J connectivity index is 2.59. The van der Waals surface area contributed by atoms with E-state index in [1.807, 2.05) is 13.0 Å². The topological polar surface area (TPSA) is 30.0 Å². The number of aryl methyl sites for hydroxylation is 2. The van der Waals surface area contributed by atoms with Gasteiger partial charge in [0.1, 0.15) is 5.69 Å². The van der Waals surface area contributed by atoms with Gasteiger partial charge in [-0.25, -0.2) is 0 Å². The second-order valence-electron chi connectivity index (χ2n) is 2.94. The van der Waals surface area contributed by atoms with Crippen molar-refractivity contribution < 1.29 is 4.79 Å². The fourth-order valence-electron chi connectivity index (χ4n) is 1.44. The van der Waals surface area contributed by atoms with Gasteiger partial charge >= 0.3 is 0 Å². The molecule has 2 nitrogen and oxygen atoms in total. The van der Waals surface area contributed by atoms with Crippen LogP contribution in [0.3, 0.4) is 0 Å². The lowest BCUT2D eigenvalue weighted by atomic mass is 10.2. The van der Waals surface area contributed by atoms with Crippen LogP contribution in [0, 0.1) is 6.92 Å². The number of fused-ring (bicyclic) bond motifs is 1. The molecule has 0 amide bonds. The second kappa shape index (κ2) is 2.16. The lowest BCUT2D eigenvalue weighted by Gasteiger charge is -1.96. The molecule has 1 aliphatic rings. The highest BCUT2D eigenvalue weighted by Crippen LogP contribution is 2.19. The van der Waals surface area contributed by atoms with Crippen LogP contribution >= 0.6 is 0 Å². The maximum absolute atomic E-state index is 11.1. The van der Waals surface area contributed by atoms with E-state index in [4.69, 9.17) is 0 Å². The second-order valence-corrected chi connectivity index (χ2v) is 2.94. The molecular weight excluding hydrogens is 138 g/mol. The first-order valence-corrected chi connectivity index (χ1v) is 3.76. The van der Waals surface area contributed by atoms with Gasteiger partial charge in [-0.1, -0.05) is 6.07 Å². The molecule has 0 saturated carbocycles. The maximum atomic E-state index is 11.1. The summed E-state index contributed by atoms with van der Waals surface area (Å²) >= 11 is 0. The van der Waals surface area contributed by atoms with Crippen LogP contribution in [0.1, 0.15) is 28.0 Å². The molecule has 2 rings (SSSR count). The van der Waals surface area contributed by atoms with Crippen molar-refractivity contribution in [1.82, 2.24) is 4.98 Å². The summed E-state index contributed by atoms with van der Waals surface area (Å²) in [5.41, 5.74) is 2.95. The molecule has 2 heteroatoms. The lowest BCUT2D eigenvalue weighted by molar-refractivity contribution is 0.0990. The molecule has 1 aromatic rings. The summed E-state index contributed by atoms with van der Waals surface area (Å²) in [7, 11) is 0. The molecular formula is C9H9NO. The van der Waals surface area contributed by atoms with E-state index in [0.717, 1.165) is 17.5 Å². The number of hydrogen-bond donors (Lipinski definition) is 0. The summed E-state index contributed by atoms with van der Waals surface area (Å²) in [5, 5.41) is 0. The van der Waals surface area contributed by atoms with Crippen LogP contribution in [-0.2, 0) is 6.42 Å². The molecule has 0 bridgehead atoms. The Morgan fingerprint density at radius 1 is 1.45 bits per heavy atom. The van der Waals surface area contributed by atoms with Gasteiger partial charge in [-0.05, 0) is 24.5 Å². The Bertz CT molecular complexity index is 317. The first-order chi connectivity index (χ1) is 5.27. The number of ketones is 1. The molecule has 0 radical (unpaired) electrons. The van der Waals surface area contributed by atoms with Crippen LogP contribution < -0.4 is 0 Å². The van der Waals surface area contributed by atoms with E-state index in [2.05, 4.69) is 4.98 Å². The van der Waals surface area contributed by atoms with Crippen molar-refractivity contribution in [2.45, 2.75) is 19.8 Å². The fraction of sp³-hybridized carbons (Fsp3) is 0.333. The normalized spacial score (nSPS) is 15.2. The monoisotopic (exact) mass is 147 g/mol. The van der Waals surface area contributed by atoms with Crippen LogP contribution in [0.5, 0.6) is 0 Å². The average Bonchev–Trinajstić information content (AvgIpc) is 2.32. The fourth-order valence-corrected chi connectivity index (χ4v) is 1.44. The van der Waals surface area contributed by atoms with Crippen LogP contribution in [0.15, 0.2) is 12.3 Å². The Labute approximate surface area is 65.3 Å². The highest BCUT2D eigenvalue weighted by molar-refractivity contribution is 5.98. The smallest absolute Gasteiger partial charge is 0.181 e. The molecule has 11 heavy (non-hydrogen) atoms. The minimum atomic E-state index is 0.194.